The molecule has 0 saturated heterocycles. The van der Waals surface area contributed by atoms with E-state index < -0.39 is 17.8 Å². The number of ether oxygens (including phenoxy) is 2. The van der Waals surface area contributed by atoms with Crippen molar-refractivity contribution >= 4 is 41.1 Å². The van der Waals surface area contributed by atoms with Gasteiger partial charge in [0.15, 0.2) is 5.76 Å². The van der Waals surface area contributed by atoms with E-state index in [0.29, 0.717) is 10.6 Å². The van der Waals surface area contributed by atoms with E-state index in [4.69, 9.17) is 37.1 Å². The minimum atomic E-state index is -0.839. The molecule has 0 bridgehead atoms. The third kappa shape index (κ3) is 3.93. The van der Waals surface area contributed by atoms with Gasteiger partial charge in [-0.25, -0.2) is 4.79 Å². The molecule has 1 amide bonds. The molecule has 1 aromatic heterocycles. The maximum Gasteiger partial charge on any atom is 0.414 e. The normalized spacial score (nSPS) is 10.3. The summed E-state index contributed by atoms with van der Waals surface area (Å²) < 4.78 is 15.0. The van der Waals surface area contributed by atoms with Crippen molar-refractivity contribution in [1.29, 1.82) is 0 Å². The second-order valence-electron chi connectivity index (χ2n) is 4.50. The van der Waals surface area contributed by atoms with Crippen LogP contribution in [-0.4, -0.2) is 23.8 Å². The SMILES string of the molecule is CCOC(=O)Nc1oc(-c2ccc(Cl)cc2Cl)c(O)c1OC(C)=O. The Balaban J connectivity index is 2.51. The monoisotopic (exact) mass is 373 g/mol. The van der Waals surface area contributed by atoms with Crippen LogP contribution in [0.5, 0.6) is 11.5 Å². The predicted octanol–water partition coefficient (Wildman–Crippen LogP) is 4.45. The van der Waals surface area contributed by atoms with Crippen LogP contribution in [0.4, 0.5) is 10.7 Å². The first-order chi connectivity index (χ1) is 11.3. The fourth-order valence-corrected chi connectivity index (χ4v) is 2.34. The Morgan fingerprint density at radius 2 is 2.04 bits per heavy atom. The quantitative estimate of drug-likeness (QED) is 0.768. The molecule has 2 aromatic rings. The van der Waals surface area contributed by atoms with E-state index >= 15 is 0 Å². The van der Waals surface area contributed by atoms with Gasteiger partial charge in [-0.05, 0) is 25.1 Å². The van der Waals surface area contributed by atoms with Gasteiger partial charge in [0.05, 0.1) is 11.6 Å². The highest BCUT2D eigenvalue weighted by Crippen LogP contribution is 2.48. The first kappa shape index (κ1) is 18.0. The van der Waals surface area contributed by atoms with Crippen LogP contribution in [0.1, 0.15) is 13.8 Å². The van der Waals surface area contributed by atoms with Crippen molar-refractivity contribution in [2.45, 2.75) is 13.8 Å². The van der Waals surface area contributed by atoms with E-state index in [2.05, 4.69) is 5.32 Å². The van der Waals surface area contributed by atoms with Gasteiger partial charge in [-0.15, -0.1) is 0 Å². The molecular formula is C15H13Cl2NO6. The standard InChI is InChI=1S/C15H13Cl2NO6/c1-3-22-15(21)18-14-13(23-7(2)19)11(20)12(24-14)9-5-4-8(16)6-10(9)17/h4-6,20H,3H2,1-2H3,(H,18,21). The van der Waals surface area contributed by atoms with Crippen LogP contribution in [0.15, 0.2) is 22.6 Å². The van der Waals surface area contributed by atoms with Gasteiger partial charge in [0.2, 0.25) is 11.5 Å². The third-order valence-electron chi connectivity index (χ3n) is 2.75. The molecule has 24 heavy (non-hydrogen) atoms. The van der Waals surface area contributed by atoms with Gasteiger partial charge in [-0.1, -0.05) is 23.2 Å². The van der Waals surface area contributed by atoms with Crippen LogP contribution in [0, 0.1) is 0 Å². The maximum atomic E-state index is 11.6. The zero-order valence-electron chi connectivity index (χ0n) is 12.7. The number of anilines is 1. The number of furan rings is 1. The summed E-state index contributed by atoms with van der Waals surface area (Å²) in [4.78, 5) is 22.8. The van der Waals surface area contributed by atoms with E-state index in [1.807, 2.05) is 0 Å². The lowest BCUT2D eigenvalue weighted by Crippen LogP contribution is -2.14. The van der Waals surface area contributed by atoms with Crippen LogP contribution < -0.4 is 10.1 Å². The molecule has 0 spiro atoms. The number of nitrogens with one attached hydrogen (secondary N) is 1. The Morgan fingerprint density at radius 3 is 2.62 bits per heavy atom. The van der Waals surface area contributed by atoms with Crippen molar-refractivity contribution in [2.24, 2.45) is 0 Å². The second-order valence-corrected chi connectivity index (χ2v) is 5.34. The van der Waals surface area contributed by atoms with Crippen molar-refractivity contribution < 1.29 is 28.6 Å². The molecule has 1 aromatic carbocycles. The average Bonchev–Trinajstić information content (AvgIpc) is 2.76. The van der Waals surface area contributed by atoms with Crippen molar-refractivity contribution in [2.75, 3.05) is 11.9 Å². The summed E-state index contributed by atoms with van der Waals surface area (Å²) in [5.41, 5.74) is 0.295. The van der Waals surface area contributed by atoms with Gasteiger partial charge < -0.3 is 19.0 Å². The highest BCUT2D eigenvalue weighted by molar-refractivity contribution is 6.36. The summed E-state index contributed by atoms with van der Waals surface area (Å²) in [5.74, 6) is -1.95. The zero-order chi connectivity index (χ0) is 17.9. The summed E-state index contributed by atoms with van der Waals surface area (Å²) in [7, 11) is 0. The van der Waals surface area contributed by atoms with Crippen LogP contribution in [-0.2, 0) is 9.53 Å². The molecule has 128 valence electrons. The lowest BCUT2D eigenvalue weighted by Gasteiger charge is -2.04. The largest absolute Gasteiger partial charge is 0.502 e. The Hall–Kier alpha value is -2.38. The van der Waals surface area contributed by atoms with Gasteiger partial charge in [0, 0.05) is 17.5 Å². The Bertz CT molecular complexity index is 787. The van der Waals surface area contributed by atoms with Gasteiger partial charge in [0.25, 0.3) is 5.88 Å². The number of hydrogen-bond donors (Lipinski definition) is 2. The second kappa shape index (κ2) is 7.46. The van der Waals surface area contributed by atoms with E-state index in [1.54, 1.807) is 6.92 Å². The van der Waals surface area contributed by atoms with Crippen molar-refractivity contribution in [3.8, 4) is 22.8 Å². The minimum Gasteiger partial charge on any atom is -0.502 e. The van der Waals surface area contributed by atoms with E-state index in [0.717, 1.165) is 6.92 Å². The molecule has 0 radical (unpaired) electrons. The van der Waals surface area contributed by atoms with Gasteiger partial charge >= 0.3 is 12.1 Å². The van der Waals surface area contributed by atoms with Crippen molar-refractivity contribution in [3.05, 3.63) is 28.2 Å². The van der Waals surface area contributed by atoms with Gasteiger partial charge in [-0.3, -0.25) is 10.1 Å². The highest BCUT2D eigenvalue weighted by atomic mass is 35.5. The van der Waals surface area contributed by atoms with E-state index in [1.165, 1.54) is 18.2 Å². The number of esters is 1. The smallest absolute Gasteiger partial charge is 0.414 e. The minimum absolute atomic E-state index is 0.0975. The number of aromatic hydroxyl groups is 1. The Morgan fingerprint density at radius 1 is 1.33 bits per heavy atom. The molecule has 2 rings (SSSR count). The first-order valence-corrected chi connectivity index (χ1v) is 7.52. The molecule has 2 N–H and O–H groups in total. The van der Waals surface area contributed by atoms with Crippen LogP contribution in [0.2, 0.25) is 10.0 Å². The molecular weight excluding hydrogens is 361 g/mol. The molecule has 0 fully saturated rings. The number of carbonyl (C=O) groups is 2. The molecule has 7 nitrogen and oxygen atoms in total. The number of amides is 1. The number of hydrogen-bond acceptors (Lipinski definition) is 6. The molecule has 0 unspecified atom stereocenters. The molecule has 9 heteroatoms. The Kier molecular flexibility index (Phi) is 5.58. The number of carbonyl (C=O) groups excluding carboxylic acids is 2. The topological polar surface area (TPSA) is 98.0 Å². The van der Waals surface area contributed by atoms with Crippen LogP contribution in [0.25, 0.3) is 11.3 Å². The number of halogens is 2. The fourth-order valence-electron chi connectivity index (χ4n) is 1.84. The van der Waals surface area contributed by atoms with Crippen LogP contribution >= 0.6 is 23.2 Å². The van der Waals surface area contributed by atoms with Crippen molar-refractivity contribution in [3.63, 3.8) is 0 Å². The fraction of sp³-hybridized carbons (Fsp3) is 0.200. The lowest BCUT2D eigenvalue weighted by atomic mass is 10.1. The molecule has 0 aliphatic rings. The maximum absolute atomic E-state index is 11.6. The highest BCUT2D eigenvalue weighted by Gasteiger charge is 2.27. The molecule has 0 aliphatic heterocycles. The predicted molar refractivity (Wildman–Crippen MR) is 87.8 cm³/mol. The summed E-state index contributed by atoms with van der Waals surface area (Å²) >= 11 is 11.9. The van der Waals surface area contributed by atoms with E-state index in [-0.39, 0.29) is 29.0 Å². The number of benzene rings is 1. The third-order valence-corrected chi connectivity index (χ3v) is 3.30. The summed E-state index contributed by atoms with van der Waals surface area (Å²) in [5, 5.41) is 13.1. The first-order valence-electron chi connectivity index (χ1n) is 6.76. The summed E-state index contributed by atoms with van der Waals surface area (Å²) in [6, 6.07) is 4.49. The summed E-state index contributed by atoms with van der Waals surface area (Å²) in [6.45, 7) is 2.87. The van der Waals surface area contributed by atoms with Gasteiger partial charge in [0.1, 0.15) is 0 Å². The lowest BCUT2D eigenvalue weighted by molar-refractivity contribution is -0.132. The average molecular weight is 374 g/mol. The summed E-state index contributed by atoms with van der Waals surface area (Å²) in [6.07, 6.45) is -0.839. The zero-order valence-corrected chi connectivity index (χ0v) is 14.2. The number of rotatable bonds is 4. The Labute approximate surface area is 147 Å². The van der Waals surface area contributed by atoms with Crippen molar-refractivity contribution in [1.82, 2.24) is 0 Å². The van der Waals surface area contributed by atoms with Crippen LogP contribution in [0.3, 0.4) is 0 Å². The van der Waals surface area contributed by atoms with Gasteiger partial charge in [-0.2, -0.15) is 0 Å². The molecule has 0 aliphatic carbocycles. The molecule has 0 saturated carbocycles. The van der Waals surface area contributed by atoms with E-state index in [9.17, 15) is 14.7 Å². The molecule has 0 atom stereocenters. The molecule has 1 heterocycles.